The van der Waals surface area contributed by atoms with Crippen LogP contribution in [0, 0.1) is 0 Å². The van der Waals surface area contributed by atoms with Crippen LogP contribution in [0.3, 0.4) is 0 Å². The van der Waals surface area contributed by atoms with Crippen LogP contribution < -0.4 is 0 Å². The summed E-state index contributed by atoms with van der Waals surface area (Å²) >= 11 is 11.3. The lowest BCUT2D eigenvalue weighted by Gasteiger charge is -2.17. The van der Waals surface area contributed by atoms with Gasteiger partial charge in [-0.05, 0) is 13.8 Å². The fourth-order valence-corrected chi connectivity index (χ4v) is 1.32. The molecule has 0 fully saturated rings. The van der Waals surface area contributed by atoms with Gasteiger partial charge in [-0.3, -0.25) is 4.90 Å². The molecule has 13 heavy (non-hydrogen) atoms. The normalized spacial score (nSPS) is 9.62. The smallest absolute Gasteiger partial charge is 0.0351 e. The van der Waals surface area contributed by atoms with Gasteiger partial charge in [0.05, 0.1) is 0 Å². The molecule has 4 heteroatoms. The van der Waals surface area contributed by atoms with Crippen LogP contribution in [-0.4, -0.2) is 36.3 Å². The van der Waals surface area contributed by atoms with Gasteiger partial charge in [-0.1, -0.05) is 11.6 Å². The van der Waals surface area contributed by atoms with E-state index >= 15 is 0 Å². The van der Waals surface area contributed by atoms with Crippen LogP contribution in [-0.2, 0) is 0 Å². The Morgan fingerprint density at radius 2 is 1.62 bits per heavy atom. The lowest BCUT2D eigenvalue weighted by Crippen LogP contribution is -2.28. The van der Waals surface area contributed by atoms with Crippen molar-refractivity contribution in [2.24, 2.45) is 0 Å². The van der Waals surface area contributed by atoms with Gasteiger partial charge < -0.3 is 0 Å². The molecule has 0 aliphatic carbocycles. The first-order valence-electron chi connectivity index (χ1n) is 4.18. The average Bonchev–Trinajstić information content (AvgIpc) is 2.01. The molecule has 0 saturated carbocycles. The van der Waals surface area contributed by atoms with Gasteiger partial charge in [-0.25, -0.2) is 0 Å². The van der Waals surface area contributed by atoms with Gasteiger partial charge >= 0.3 is 0 Å². The second kappa shape index (κ2) is 10.6. The first-order chi connectivity index (χ1) is 5.70. The molecule has 0 aliphatic heterocycles. The fourth-order valence-electron chi connectivity index (χ4n) is 0.845. The zero-order valence-electron chi connectivity index (χ0n) is 8.22. The Labute approximate surface area is 97.5 Å². The third-order valence-electron chi connectivity index (χ3n) is 1.56. The van der Waals surface area contributed by atoms with Crippen molar-refractivity contribution in [2.75, 3.05) is 31.4 Å². The summed E-state index contributed by atoms with van der Waals surface area (Å²) in [6.45, 7) is 6.98. The first-order valence-corrected chi connectivity index (χ1v) is 5.25. The number of hydrogen-bond acceptors (Lipinski definition) is 1. The van der Waals surface area contributed by atoms with Crippen LogP contribution in [0.2, 0.25) is 0 Å². The maximum atomic E-state index is 5.64. The van der Waals surface area contributed by atoms with E-state index in [4.69, 9.17) is 23.2 Å². The van der Waals surface area contributed by atoms with E-state index in [2.05, 4.69) is 24.8 Å². The number of nitrogens with zero attached hydrogens (tertiary/aromatic N) is 1. The third kappa shape index (κ3) is 10.5. The van der Waals surface area contributed by atoms with Crippen molar-refractivity contribution in [2.45, 2.75) is 13.8 Å². The van der Waals surface area contributed by atoms with E-state index < -0.39 is 0 Å². The van der Waals surface area contributed by atoms with Crippen LogP contribution in [0.25, 0.3) is 0 Å². The molecule has 80 valence electrons. The Balaban J connectivity index is 0. The van der Waals surface area contributed by atoms with Crippen molar-refractivity contribution in [3.63, 3.8) is 0 Å². The average molecular weight is 247 g/mol. The zero-order valence-corrected chi connectivity index (χ0v) is 10.6. The van der Waals surface area contributed by atoms with E-state index in [1.54, 1.807) is 0 Å². The highest BCUT2D eigenvalue weighted by Crippen LogP contribution is 1.95. The summed E-state index contributed by atoms with van der Waals surface area (Å²) in [6, 6.07) is 0. The Kier molecular flexibility index (Phi) is 13.1. The molecule has 0 rings (SSSR count). The Morgan fingerprint density at radius 3 is 1.92 bits per heavy atom. The molecule has 0 radical (unpaired) electrons. The predicted octanol–water partition coefficient (Wildman–Crippen LogP) is 3.15. The molecule has 0 spiro atoms. The van der Waals surface area contributed by atoms with E-state index in [0.29, 0.717) is 11.8 Å². The lowest BCUT2D eigenvalue weighted by atomic mass is 10.3. The molecule has 0 saturated heterocycles. The highest BCUT2D eigenvalue weighted by molar-refractivity contribution is 6.18. The number of hydrogen-bond donors (Lipinski definition) is 0. The number of rotatable bonds is 6. The summed E-state index contributed by atoms with van der Waals surface area (Å²) in [6.07, 6.45) is 2.19. The summed E-state index contributed by atoms with van der Waals surface area (Å²) in [5.74, 6) is 1.35. The molecule has 0 atom stereocenters. The lowest BCUT2D eigenvalue weighted by molar-refractivity contribution is 0.340. The second-order valence-corrected chi connectivity index (χ2v) is 3.72. The van der Waals surface area contributed by atoms with Crippen molar-refractivity contribution in [1.82, 2.24) is 4.90 Å². The van der Waals surface area contributed by atoms with Gasteiger partial charge in [0.2, 0.25) is 0 Å². The molecule has 0 aliphatic rings. The van der Waals surface area contributed by atoms with Crippen molar-refractivity contribution >= 4 is 35.6 Å². The van der Waals surface area contributed by atoms with Gasteiger partial charge in [-0.15, -0.1) is 35.6 Å². The molecule has 0 unspecified atom stereocenters. The summed E-state index contributed by atoms with van der Waals surface area (Å²) in [7, 11) is 0. The van der Waals surface area contributed by atoms with Gasteiger partial charge in [0.25, 0.3) is 0 Å². The summed E-state index contributed by atoms with van der Waals surface area (Å²) < 4.78 is 0. The topological polar surface area (TPSA) is 3.24 Å². The summed E-state index contributed by atoms with van der Waals surface area (Å²) in [4.78, 5) is 2.24. The maximum absolute atomic E-state index is 5.64. The van der Waals surface area contributed by atoms with E-state index in [0.717, 1.165) is 19.6 Å². The van der Waals surface area contributed by atoms with E-state index in [1.165, 1.54) is 5.57 Å². The molecule has 1 nitrogen and oxygen atoms in total. The molecule has 0 amide bonds. The third-order valence-corrected chi connectivity index (χ3v) is 1.90. The van der Waals surface area contributed by atoms with Crippen LogP contribution in [0.5, 0.6) is 0 Å². The Bertz CT molecular complexity index is 127. The van der Waals surface area contributed by atoms with E-state index in [9.17, 15) is 0 Å². The molecule has 0 N–H and O–H groups in total. The minimum Gasteiger partial charge on any atom is -0.297 e. The molecule has 0 aromatic rings. The molecule has 0 bridgehead atoms. The van der Waals surface area contributed by atoms with Crippen molar-refractivity contribution in [3.8, 4) is 0 Å². The van der Waals surface area contributed by atoms with Crippen molar-refractivity contribution < 1.29 is 0 Å². The van der Waals surface area contributed by atoms with Crippen LogP contribution in [0.4, 0.5) is 0 Å². The predicted molar refractivity (Wildman–Crippen MR) is 64.6 cm³/mol. The van der Waals surface area contributed by atoms with Gasteiger partial charge in [0, 0.05) is 31.4 Å². The second-order valence-electron chi connectivity index (χ2n) is 2.96. The monoisotopic (exact) mass is 245 g/mol. The molecule has 0 aromatic heterocycles. The Hall–Kier alpha value is 0.570. The molecular weight excluding hydrogens is 228 g/mol. The quantitative estimate of drug-likeness (QED) is 0.514. The molecule has 0 aromatic carbocycles. The highest BCUT2D eigenvalue weighted by atomic mass is 35.5. The largest absolute Gasteiger partial charge is 0.297 e. The van der Waals surface area contributed by atoms with Crippen molar-refractivity contribution in [1.29, 1.82) is 0 Å². The van der Waals surface area contributed by atoms with Crippen LogP contribution in [0.15, 0.2) is 11.6 Å². The summed E-state index contributed by atoms with van der Waals surface area (Å²) in [5, 5.41) is 0. The minimum absolute atomic E-state index is 0. The minimum atomic E-state index is 0. The standard InChI is InChI=1S/C9H17Cl2N.ClH/c1-9(2)3-6-12(7-4-10)8-5-11;/h3H,4-8H2,1-2H3;1H. The highest BCUT2D eigenvalue weighted by Gasteiger charge is 1.99. The summed E-state index contributed by atoms with van der Waals surface area (Å²) in [5.41, 5.74) is 1.34. The molecule has 0 heterocycles. The Morgan fingerprint density at radius 1 is 1.15 bits per heavy atom. The van der Waals surface area contributed by atoms with E-state index in [-0.39, 0.29) is 12.4 Å². The number of allylic oxidation sites excluding steroid dienone is 1. The van der Waals surface area contributed by atoms with Gasteiger partial charge in [0.15, 0.2) is 0 Å². The maximum Gasteiger partial charge on any atom is 0.0351 e. The fraction of sp³-hybridized carbons (Fsp3) is 0.778. The van der Waals surface area contributed by atoms with Crippen LogP contribution >= 0.6 is 35.6 Å². The van der Waals surface area contributed by atoms with Crippen LogP contribution in [0.1, 0.15) is 13.8 Å². The first kappa shape index (κ1) is 16.0. The molecular formula is C9H18Cl3N. The zero-order chi connectivity index (χ0) is 9.40. The van der Waals surface area contributed by atoms with Crippen molar-refractivity contribution in [3.05, 3.63) is 11.6 Å². The van der Waals surface area contributed by atoms with E-state index in [1.807, 2.05) is 0 Å². The SMILES string of the molecule is CC(C)=CCN(CCCl)CCCl.Cl. The van der Waals surface area contributed by atoms with Gasteiger partial charge in [-0.2, -0.15) is 0 Å². The van der Waals surface area contributed by atoms with Gasteiger partial charge in [0.1, 0.15) is 0 Å². The number of halogens is 3. The number of alkyl halides is 2.